The SMILES string of the molecule is CNC(=O)[C@H](CSC(c1ccccc1)(c1ccccc1)c1ccccc1)NC(=O)[C@H](CSC(c1ccccc1)(c1ccccc1)c1ccccc1)NC(=O)OCC1c2ccccc2-c2ccccc21. The Morgan fingerprint density at radius 1 is 0.435 bits per heavy atom. The van der Waals surface area contributed by atoms with Gasteiger partial charge in [0.25, 0.3) is 0 Å². The number of alkyl carbamates (subject to hydrolysis) is 1. The minimum atomic E-state index is -1.14. The molecule has 3 amide bonds. The number of rotatable bonds is 18. The first-order valence-corrected chi connectivity index (χ1v) is 25.1. The summed E-state index contributed by atoms with van der Waals surface area (Å²) in [4.78, 5) is 43.5. The van der Waals surface area contributed by atoms with Crippen molar-refractivity contribution in [3.05, 3.63) is 275 Å². The number of carbonyl (C=O) groups excluding carboxylic acids is 3. The quantitative estimate of drug-likeness (QED) is 0.0742. The third-order valence-electron chi connectivity index (χ3n) is 12.8. The predicted octanol–water partition coefficient (Wildman–Crippen LogP) is 11.6. The van der Waals surface area contributed by atoms with E-state index in [9.17, 15) is 9.59 Å². The molecule has 1 aliphatic carbocycles. The smallest absolute Gasteiger partial charge is 0.407 e. The zero-order chi connectivity index (χ0) is 47.5. The van der Waals surface area contributed by atoms with E-state index in [1.54, 1.807) is 30.6 Å². The fraction of sp³-hybridized carbons (Fsp3) is 0.150. The zero-order valence-corrected chi connectivity index (χ0v) is 39.9. The minimum Gasteiger partial charge on any atom is -0.449 e. The molecule has 0 radical (unpaired) electrons. The number of likely N-dealkylation sites (N-methyl/N-ethyl adjacent to an activating group) is 1. The van der Waals surface area contributed by atoms with Crippen LogP contribution in [0.5, 0.6) is 0 Å². The van der Waals surface area contributed by atoms with Crippen molar-refractivity contribution in [2.24, 2.45) is 0 Å². The standard InChI is InChI=1S/C60H53N3O4S2/c1-61-56(64)54(41-68-59(43-24-8-2-9-25-43,44-26-10-3-11-27-44)45-28-12-4-13-29-45)62-57(65)55(63-58(66)67-40-53-51-38-22-20-36-49(51)50-37-21-23-39-52(50)53)42-69-60(46-30-14-5-15-31-46,47-32-16-6-17-33-47)48-34-18-7-19-35-48/h2-39,53-55H,40-42H2,1H3,(H,61,64)(H,62,65)(H,63,66)/t54-,55-/m0/s1. The third-order valence-corrected chi connectivity index (χ3v) is 16.1. The largest absolute Gasteiger partial charge is 0.449 e. The molecule has 344 valence electrons. The molecule has 2 atom stereocenters. The molecule has 0 fully saturated rings. The molecule has 69 heavy (non-hydrogen) atoms. The Bertz CT molecular complexity index is 2720. The predicted molar refractivity (Wildman–Crippen MR) is 281 cm³/mol. The van der Waals surface area contributed by atoms with Crippen LogP contribution in [0.4, 0.5) is 4.79 Å². The van der Waals surface area contributed by atoms with Gasteiger partial charge in [-0.25, -0.2) is 4.79 Å². The van der Waals surface area contributed by atoms with Crippen molar-refractivity contribution in [3.63, 3.8) is 0 Å². The fourth-order valence-electron chi connectivity index (χ4n) is 9.55. The van der Waals surface area contributed by atoms with Gasteiger partial charge in [0.05, 0.1) is 9.49 Å². The highest BCUT2D eigenvalue weighted by Gasteiger charge is 2.41. The first-order valence-electron chi connectivity index (χ1n) is 23.2. The van der Waals surface area contributed by atoms with E-state index in [-0.39, 0.29) is 29.9 Å². The van der Waals surface area contributed by atoms with E-state index >= 15 is 4.79 Å². The average molecular weight is 944 g/mol. The minimum absolute atomic E-state index is 0.0708. The Morgan fingerprint density at radius 3 is 1.07 bits per heavy atom. The Hall–Kier alpha value is -7.33. The highest BCUT2D eigenvalue weighted by atomic mass is 32.2. The molecule has 0 saturated carbocycles. The molecule has 0 aromatic heterocycles. The number of hydrogen-bond acceptors (Lipinski definition) is 6. The number of benzene rings is 8. The summed E-state index contributed by atoms with van der Waals surface area (Å²) in [5.41, 5.74) is 10.5. The maximum Gasteiger partial charge on any atom is 0.407 e. The molecule has 0 bridgehead atoms. The second-order valence-electron chi connectivity index (χ2n) is 16.9. The maximum absolute atomic E-state index is 15.2. The van der Waals surface area contributed by atoms with Crippen LogP contribution in [0.2, 0.25) is 0 Å². The second-order valence-corrected chi connectivity index (χ2v) is 19.3. The van der Waals surface area contributed by atoms with Crippen LogP contribution in [0.25, 0.3) is 11.1 Å². The van der Waals surface area contributed by atoms with Gasteiger partial charge in [-0.15, -0.1) is 23.5 Å². The molecule has 3 N–H and O–H groups in total. The Labute approximate surface area is 413 Å². The molecule has 0 aliphatic heterocycles. The van der Waals surface area contributed by atoms with E-state index in [2.05, 4.69) is 113 Å². The van der Waals surface area contributed by atoms with E-state index in [0.717, 1.165) is 55.6 Å². The van der Waals surface area contributed by atoms with E-state index in [1.165, 1.54) is 0 Å². The normalized spacial score (nSPS) is 13.0. The Kier molecular flexibility index (Phi) is 14.7. The van der Waals surface area contributed by atoms with Crippen LogP contribution in [0, 0.1) is 0 Å². The van der Waals surface area contributed by atoms with Crippen molar-refractivity contribution in [2.75, 3.05) is 25.2 Å². The first-order chi connectivity index (χ1) is 33.9. The fourth-order valence-corrected chi connectivity index (χ4v) is 12.7. The van der Waals surface area contributed by atoms with Gasteiger partial charge in [-0.1, -0.05) is 231 Å². The van der Waals surface area contributed by atoms with Crippen LogP contribution >= 0.6 is 23.5 Å². The summed E-state index contributed by atoms with van der Waals surface area (Å²) in [5.74, 6) is -0.751. The molecule has 7 nitrogen and oxygen atoms in total. The van der Waals surface area contributed by atoms with Crippen LogP contribution < -0.4 is 16.0 Å². The lowest BCUT2D eigenvalue weighted by atomic mass is 9.84. The summed E-state index contributed by atoms with van der Waals surface area (Å²) >= 11 is 3.12. The van der Waals surface area contributed by atoms with Gasteiger partial charge < -0.3 is 20.7 Å². The van der Waals surface area contributed by atoms with Gasteiger partial charge in [0.1, 0.15) is 18.7 Å². The molecule has 0 unspecified atom stereocenters. The number of hydrogen-bond donors (Lipinski definition) is 3. The van der Waals surface area contributed by atoms with E-state index in [0.29, 0.717) is 0 Å². The van der Waals surface area contributed by atoms with Crippen molar-refractivity contribution in [1.29, 1.82) is 0 Å². The van der Waals surface area contributed by atoms with Crippen LogP contribution in [0.1, 0.15) is 50.4 Å². The van der Waals surface area contributed by atoms with Crippen molar-refractivity contribution >= 4 is 41.4 Å². The molecular formula is C60H53N3O4S2. The number of thioether (sulfide) groups is 2. The summed E-state index contributed by atoms with van der Waals surface area (Å²) < 4.78 is 4.54. The number of carbonyl (C=O) groups is 3. The van der Waals surface area contributed by atoms with E-state index < -0.39 is 33.6 Å². The van der Waals surface area contributed by atoms with E-state index in [1.807, 2.05) is 133 Å². The lowest BCUT2D eigenvalue weighted by Crippen LogP contribution is -2.55. The summed E-state index contributed by atoms with van der Waals surface area (Å²) in [7, 11) is 1.57. The maximum atomic E-state index is 15.2. The van der Waals surface area contributed by atoms with Gasteiger partial charge in [-0.3, -0.25) is 9.59 Å². The van der Waals surface area contributed by atoms with Crippen molar-refractivity contribution in [1.82, 2.24) is 16.0 Å². The molecular weight excluding hydrogens is 891 g/mol. The number of ether oxygens (including phenoxy) is 1. The molecule has 9 heteroatoms. The Morgan fingerprint density at radius 2 is 0.739 bits per heavy atom. The highest BCUT2D eigenvalue weighted by molar-refractivity contribution is 8.01. The van der Waals surface area contributed by atoms with Crippen LogP contribution in [0.3, 0.4) is 0 Å². The third kappa shape index (κ3) is 9.84. The zero-order valence-electron chi connectivity index (χ0n) is 38.2. The van der Waals surface area contributed by atoms with Gasteiger partial charge in [-0.2, -0.15) is 0 Å². The van der Waals surface area contributed by atoms with Crippen molar-refractivity contribution in [2.45, 2.75) is 27.5 Å². The molecule has 0 heterocycles. The summed E-state index contributed by atoms with van der Waals surface area (Å²) in [6, 6.07) is 75.6. The molecule has 0 saturated heterocycles. The topological polar surface area (TPSA) is 96.5 Å². The molecule has 0 spiro atoms. The van der Waals surface area contributed by atoms with Gasteiger partial charge in [-0.05, 0) is 55.6 Å². The highest BCUT2D eigenvalue weighted by Crippen LogP contribution is 2.50. The summed E-state index contributed by atoms with van der Waals surface area (Å²) in [5, 5.41) is 8.93. The van der Waals surface area contributed by atoms with Gasteiger partial charge in [0.2, 0.25) is 11.8 Å². The molecule has 9 rings (SSSR count). The number of amides is 3. The lowest BCUT2D eigenvalue weighted by Gasteiger charge is -2.37. The van der Waals surface area contributed by atoms with Crippen LogP contribution in [-0.2, 0) is 23.8 Å². The molecule has 8 aromatic rings. The van der Waals surface area contributed by atoms with Crippen LogP contribution in [-0.4, -0.2) is 55.2 Å². The number of nitrogens with one attached hydrogen (secondary N) is 3. The molecule has 8 aromatic carbocycles. The monoisotopic (exact) mass is 943 g/mol. The van der Waals surface area contributed by atoms with Gasteiger partial charge in [0.15, 0.2) is 0 Å². The van der Waals surface area contributed by atoms with Gasteiger partial charge >= 0.3 is 6.09 Å². The summed E-state index contributed by atoms with van der Waals surface area (Å²) in [6.07, 6.45) is -0.732. The average Bonchev–Trinajstić information content (AvgIpc) is 3.74. The van der Waals surface area contributed by atoms with Gasteiger partial charge in [0, 0.05) is 24.5 Å². The van der Waals surface area contributed by atoms with Crippen molar-refractivity contribution < 1.29 is 19.1 Å². The lowest BCUT2D eigenvalue weighted by molar-refractivity contribution is -0.128. The summed E-state index contributed by atoms with van der Waals surface area (Å²) in [6.45, 7) is 0.0708. The molecule has 1 aliphatic rings. The second kappa shape index (κ2) is 21.7. The van der Waals surface area contributed by atoms with E-state index in [4.69, 9.17) is 4.74 Å². The van der Waals surface area contributed by atoms with Crippen molar-refractivity contribution in [3.8, 4) is 11.1 Å². The first kappa shape index (κ1) is 46.8. The number of fused-ring (bicyclic) bond motifs is 3. The Balaban J connectivity index is 1.06. The van der Waals surface area contributed by atoms with Crippen LogP contribution in [0.15, 0.2) is 231 Å².